The minimum Gasteiger partial charge on any atom is -0.293 e. The minimum atomic E-state index is -4.17. The van der Waals surface area contributed by atoms with Gasteiger partial charge >= 0.3 is 6.18 Å². The molecule has 0 fully saturated rings. The Balaban J connectivity index is 2.07. The second kappa shape index (κ2) is 6.81. The summed E-state index contributed by atoms with van der Waals surface area (Å²) < 4.78 is 37.8. The van der Waals surface area contributed by atoms with Crippen molar-refractivity contribution in [1.29, 1.82) is 0 Å². The lowest BCUT2D eigenvalue weighted by atomic mass is 9.82. The van der Waals surface area contributed by atoms with Crippen LogP contribution in [0.25, 0.3) is 0 Å². The van der Waals surface area contributed by atoms with Crippen molar-refractivity contribution in [2.75, 3.05) is 25.5 Å². The number of alkyl halides is 4. The van der Waals surface area contributed by atoms with Crippen LogP contribution in [0.3, 0.4) is 0 Å². The summed E-state index contributed by atoms with van der Waals surface area (Å²) in [5, 5.41) is 0. The van der Waals surface area contributed by atoms with Crippen LogP contribution in [0.15, 0.2) is 24.3 Å². The summed E-state index contributed by atoms with van der Waals surface area (Å²) in [6, 6.07) is 8.09. The number of benzene rings is 1. The Kier molecular flexibility index (Phi) is 5.33. The minimum absolute atomic E-state index is 0.186. The molecule has 2 rings (SSSR count). The van der Waals surface area contributed by atoms with Crippen molar-refractivity contribution >= 4 is 11.6 Å². The van der Waals surface area contributed by atoms with Gasteiger partial charge < -0.3 is 0 Å². The molecular weight excluding hydrogens is 287 g/mol. The van der Waals surface area contributed by atoms with Crippen molar-refractivity contribution in [2.24, 2.45) is 0 Å². The molecule has 1 unspecified atom stereocenters. The summed E-state index contributed by atoms with van der Waals surface area (Å²) in [6.45, 7) is -0.165. The van der Waals surface area contributed by atoms with Crippen LogP contribution < -0.4 is 0 Å². The van der Waals surface area contributed by atoms with Crippen LogP contribution >= 0.6 is 11.6 Å². The highest BCUT2D eigenvalue weighted by molar-refractivity contribution is 6.18. The first kappa shape index (κ1) is 15.6. The van der Waals surface area contributed by atoms with Crippen LogP contribution in [0, 0.1) is 0 Å². The molecule has 1 aromatic carbocycles. The summed E-state index contributed by atoms with van der Waals surface area (Å²) >= 11 is 5.63. The standard InChI is InChI=1S/C15H19ClF3N/c16-8-9-20(11-15(17,18)19)10-13-6-3-5-12-4-1-2-7-14(12)13/h1-2,4,7,13H,3,5-6,8-11H2. The number of hydrogen-bond donors (Lipinski definition) is 0. The van der Waals surface area contributed by atoms with Crippen LogP contribution in [0.2, 0.25) is 0 Å². The fourth-order valence-corrected chi connectivity index (χ4v) is 3.20. The molecule has 0 heterocycles. The van der Waals surface area contributed by atoms with Crippen LogP contribution in [0.5, 0.6) is 0 Å². The molecule has 0 amide bonds. The van der Waals surface area contributed by atoms with Crippen molar-refractivity contribution in [1.82, 2.24) is 4.90 Å². The van der Waals surface area contributed by atoms with Gasteiger partial charge in [0, 0.05) is 19.0 Å². The van der Waals surface area contributed by atoms with Crippen molar-refractivity contribution < 1.29 is 13.2 Å². The summed E-state index contributed by atoms with van der Waals surface area (Å²) in [7, 11) is 0. The first-order chi connectivity index (χ1) is 9.49. The molecule has 1 aliphatic carbocycles. The summed E-state index contributed by atoms with van der Waals surface area (Å²) in [4.78, 5) is 1.43. The van der Waals surface area contributed by atoms with E-state index in [4.69, 9.17) is 11.6 Å². The van der Waals surface area contributed by atoms with E-state index in [0.717, 1.165) is 19.3 Å². The predicted molar refractivity (Wildman–Crippen MR) is 75.3 cm³/mol. The highest BCUT2D eigenvalue weighted by atomic mass is 35.5. The molecule has 1 aromatic rings. The molecule has 0 spiro atoms. The van der Waals surface area contributed by atoms with Gasteiger partial charge in [-0.2, -0.15) is 13.2 Å². The van der Waals surface area contributed by atoms with Crippen molar-refractivity contribution in [2.45, 2.75) is 31.4 Å². The van der Waals surface area contributed by atoms with Crippen molar-refractivity contribution in [3.05, 3.63) is 35.4 Å². The maximum atomic E-state index is 12.6. The first-order valence-electron chi connectivity index (χ1n) is 6.92. The van der Waals surface area contributed by atoms with Gasteiger partial charge in [-0.15, -0.1) is 11.6 Å². The highest BCUT2D eigenvalue weighted by Gasteiger charge is 2.32. The number of nitrogens with zero attached hydrogens (tertiary/aromatic N) is 1. The van der Waals surface area contributed by atoms with Crippen LogP contribution in [-0.4, -0.2) is 36.6 Å². The van der Waals surface area contributed by atoms with Gasteiger partial charge in [-0.25, -0.2) is 0 Å². The van der Waals surface area contributed by atoms with E-state index in [1.165, 1.54) is 16.0 Å². The van der Waals surface area contributed by atoms with Gasteiger partial charge in [0.05, 0.1) is 6.54 Å². The molecule has 0 saturated carbocycles. The van der Waals surface area contributed by atoms with Gasteiger partial charge in [0.1, 0.15) is 0 Å². The van der Waals surface area contributed by atoms with Gasteiger partial charge in [-0.3, -0.25) is 4.90 Å². The zero-order valence-corrected chi connectivity index (χ0v) is 12.1. The van der Waals surface area contributed by atoms with Crippen molar-refractivity contribution in [3.8, 4) is 0 Å². The maximum absolute atomic E-state index is 12.6. The van der Waals surface area contributed by atoms with Gasteiger partial charge in [0.25, 0.3) is 0 Å². The van der Waals surface area contributed by atoms with Crippen LogP contribution in [0.4, 0.5) is 13.2 Å². The molecule has 0 bridgehead atoms. The fraction of sp³-hybridized carbons (Fsp3) is 0.600. The van der Waals surface area contributed by atoms with Crippen LogP contribution in [0.1, 0.15) is 29.9 Å². The molecule has 1 aliphatic rings. The van der Waals surface area contributed by atoms with E-state index >= 15 is 0 Å². The van der Waals surface area contributed by atoms with Crippen LogP contribution in [-0.2, 0) is 6.42 Å². The zero-order valence-electron chi connectivity index (χ0n) is 11.3. The summed E-state index contributed by atoms with van der Waals surface area (Å²) in [5.41, 5.74) is 2.49. The molecule has 0 N–H and O–H groups in total. The van der Waals surface area contributed by atoms with E-state index in [1.807, 2.05) is 18.2 Å². The zero-order chi connectivity index (χ0) is 14.6. The Bertz CT molecular complexity index is 433. The second-order valence-corrected chi connectivity index (χ2v) is 5.71. The molecule has 0 aliphatic heterocycles. The van der Waals surface area contributed by atoms with Crippen molar-refractivity contribution in [3.63, 3.8) is 0 Å². The lowest BCUT2D eigenvalue weighted by Crippen LogP contribution is -2.38. The highest BCUT2D eigenvalue weighted by Crippen LogP contribution is 2.32. The first-order valence-corrected chi connectivity index (χ1v) is 7.46. The Hall–Kier alpha value is -0.740. The lowest BCUT2D eigenvalue weighted by molar-refractivity contribution is -0.145. The maximum Gasteiger partial charge on any atom is 0.401 e. The number of aryl methyl sites for hydroxylation is 1. The Labute approximate surface area is 122 Å². The predicted octanol–water partition coefficient (Wildman–Crippen LogP) is 4.21. The second-order valence-electron chi connectivity index (χ2n) is 5.33. The van der Waals surface area contributed by atoms with Gasteiger partial charge in [0.15, 0.2) is 0 Å². The number of hydrogen-bond acceptors (Lipinski definition) is 1. The average molecular weight is 306 g/mol. The van der Waals surface area contributed by atoms with E-state index in [-0.39, 0.29) is 18.3 Å². The topological polar surface area (TPSA) is 3.24 Å². The van der Waals surface area contributed by atoms with E-state index in [9.17, 15) is 13.2 Å². The average Bonchev–Trinajstić information content (AvgIpc) is 2.37. The van der Waals surface area contributed by atoms with E-state index in [1.54, 1.807) is 0 Å². The molecule has 5 heteroatoms. The van der Waals surface area contributed by atoms with E-state index in [2.05, 4.69) is 6.07 Å². The number of fused-ring (bicyclic) bond motifs is 1. The number of halogens is 4. The molecule has 0 aromatic heterocycles. The Morgan fingerprint density at radius 1 is 1.25 bits per heavy atom. The Morgan fingerprint density at radius 3 is 2.70 bits per heavy atom. The third-order valence-electron chi connectivity index (χ3n) is 3.78. The van der Waals surface area contributed by atoms with E-state index in [0.29, 0.717) is 6.54 Å². The van der Waals surface area contributed by atoms with Gasteiger partial charge in [0.2, 0.25) is 0 Å². The van der Waals surface area contributed by atoms with Gasteiger partial charge in [-0.1, -0.05) is 24.3 Å². The molecular formula is C15H19ClF3N. The summed E-state index contributed by atoms with van der Waals surface area (Å²) in [6.07, 6.45) is -1.14. The lowest BCUT2D eigenvalue weighted by Gasteiger charge is -2.31. The molecule has 0 radical (unpaired) electrons. The third kappa shape index (κ3) is 4.38. The summed E-state index contributed by atoms with van der Waals surface area (Å²) in [5.74, 6) is 0.412. The normalized spacial score (nSPS) is 19.1. The molecule has 1 atom stereocenters. The number of rotatable bonds is 5. The SMILES string of the molecule is FC(F)(F)CN(CCCl)CC1CCCc2ccccc21. The van der Waals surface area contributed by atoms with Gasteiger partial charge in [-0.05, 0) is 36.3 Å². The molecule has 1 nitrogen and oxygen atoms in total. The molecule has 20 heavy (non-hydrogen) atoms. The monoisotopic (exact) mass is 305 g/mol. The smallest absolute Gasteiger partial charge is 0.293 e. The molecule has 112 valence electrons. The van der Waals surface area contributed by atoms with E-state index < -0.39 is 12.7 Å². The molecule has 0 saturated heterocycles. The Morgan fingerprint density at radius 2 is 2.00 bits per heavy atom. The quantitative estimate of drug-likeness (QED) is 0.737. The largest absolute Gasteiger partial charge is 0.401 e. The fourth-order valence-electron chi connectivity index (χ4n) is 2.96. The third-order valence-corrected chi connectivity index (χ3v) is 3.94.